The molecule has 3 rings (SSSR count). The lowest BCUT2D eigenvalue weighted by molar-refractivity contribution is -0.122. The molecule has 2 aromatic rings. The third-order valence-corrected chi connectivity index (χ3v) is 6.59. The first kappa shape index (κ1) is 20.7. The smallest absolute Gasteiger partial charge is 0.266 e. The SMILES string of the molecule is CCCN1C(=O)/C(=C\c2csc(N(C(C)=O)c3ccc(C)c(C)c3)n2)SC1=S. The molecule has 146 valence electrons. The maximum Gasteiger partial charge on any atom is 0.266 e. The quantitative estimate of drug-likeness (QED) is 0.489. The largest absolute Gasteiger partial charge is 0.293 e. The van der Waals surface area contributed by atoms with E-state index in [2.05, 4.69) is 4.98 Å². The average molecular weight is 432 g/mol. The Morgan fingerprint density at radius 3 is 2.71 bits per heavy atom. The van der Waals surface area contributed by atoms with E-state index in [0.29, 0.717) is 26.6 Å². The van der Waals surface area contributed by atoms with E-state index >= 15 is 0 Å². The molecule has 5 nitrogen and oxygen atoms in total. The van der Waals surface area contributed by atoms with Crippen molar-refractivity contribution in [3.63, 3.8) is 0 Å². The number of carbonyl (C=O) groups excluding carboxylic acids is 2. The molecule has 8 heteroatoms. The second kappa shape index (κ2) is 8.55. The first-order valence-corrected chi connectivity index (χ1v) is 11.0. The van der Waals surface area contributed by atoms with Crippen LogP contribution in [0.1, 0.15) is 37.1 Å². The summed E-state index contributed by atoms with van der Waals surface area (Å²) in [4.78, 5) is 33.2. The highest BCUT2D eigenvalue weighted by Crippen LogP contribution is 2.35. The number of hydrogen-bond donors (Lipinski definition) is 0. The van der Waals surface area contributed by atoms with Crippen LogP contribution in [0, 0.1) is 13.8 Å². The van der Waals surface area contributed by atoms with Gasteiger partial charge in [-0.2, -0.15) is 0 Å². The molecule has 0 atom stereocenters. The summed E-state index contributed by atoms with van der Waals surface area (Å²) in [6.45, 7) is 8.20. The summed E-state index contributed by atoms with van der Waals surface area (Å²) < 4.78 is 0.578. The first-order chi connectivity index (χ1) is 13.3. The predicted molar refractivity (Wildman–Crippen MR) is 121 cm³/mol. The number of aryl methyl sites for hydroxylation is 2. The minimum absolute atomic E-state index is 0.0796. The van der Waals surface area contributed by atoms with Crippen LogP contribution in [0.3, 0.4) is 0 Å². The van der Waals surface area contributed by atoms with Gasteiger partial charge in [0.15, 0.2) is 5.13 Å². The fourth-order valence-electron chi connectivity index (χ4n) is 2.79. The molecule has 1 saturated heterocycles. The van der Waals surface area contributed by atoms with Crippen LogP contribution in [-0.4, -0.2) is 32.6 Å². The third-order valence-electron chi connectivity index (χ3n) is 4.36. The van der Waals surface area contributed by atoms with Crippen molar-refractivity contribution in [3.8, 4) is 0 Å². The number of aromatic nitrogens is 1. The van der Waals surface area contributed by atoms with E-state index in [1.807, 2.05) is 44.4 Å². The summed E-state index contributed by atoms with van der Waals surface area (Å²) in [5.74, 6) is -0.192. The van der Waals surface area contributed by atoms with E-state index in [0.717, 1.165) is 17.7 Å². The molecule has 0 spiro atoms. The molecular formula is C20H21N3O2S3. The van der Waals surface area contributed by atoms with Gasteiger partial charge < -0.3 is 0 Å². The molecule has 1 aromatic carbocycles. The number of amides is 2. The second-order valence-electron chi connectivity index (χ2n) is 6.51. The van der Waals surface area contributed by atoms with Gasteiger partial charge in [0.2, 0.25) is 5.91 Å². The molecule has 0 unspecified atom stereocenters. The number of anilines is 2. The van der Waals surface area contributed by atoms with Crippen molar-refractivity contribution >= 4 is 68.3 Å². The van der Waals surface area contributed by atoms with E-state index in [1.165, 1.54) is 35.6 Å². The number of carbonyl (C=O) groups is 2. The van der Waals surface area contributed by atoms with E-state index in [9.17, 15) is 9.59 Å². The molecule has 2 heterocycles. The number of thiocarbonyl (C=S) groups is 1. The number of thiazole rings is 1. The molecule has 0 bridgehead atoms. The van der Waals surface area contributed by atoms with Gasteiger partial charge in [-0.1, -0.05) is 37.0 Å². The van der Waals surface area contributed by atoms with Gasteiger partial charge in [-0.25, -0.2) is 4.98 Å². The molecule has 0 N–H and O–H groups in total. The molecule has 0 saturated carbocycles. The second-order valence-corrected chi connectivity index (χ2v) is 9.02. The normalized spacial score (nSPS) is 15.6. The fraction of sp³-hybridized carbons (Fsp3) is 0.300. The summed E-state index contributed by atoms with van der Waals surface area (Å²) in [5.41, 5.74) is 3.71. The van der Waals surface area contributed by atoms with Gasteiger partial charge in [0, 0.05) is 18.8 Å². The van der Waals surface area contributed by atoms with E-state index in [4.69, 9.17) is 12.2 Å². The maximum absolute atomic E-state index is 12.5. The topological polar surface area (TPSA) is 53.5 Å². The van der Waals surface area contributed by atoms with Crippen molar-refractivity contribution in [2.75, 3.05) is 11.4 Å². The number of rotatable bonds is 5. The standard InChI is InChI=1S/C20H21N3O2S3/c1-5-8-22-18(25)17(28-20(22)26)10-15-11-27-19(21-15)23(14(4)24)16-7-6-12(2)13(3)9-16/h6-7,9-11H,5,8H2,1-4H3/b17-10+. The van der Waals surface area contributed by atoms with E-state index in [1.54, 1.807) is 15.9 Å². The average Bonchev–Trinajstić information content (AvgIpc) is 3.18. The number of hydrogen-bond acceptors (Lipinski definition) is 6. The van der Waals surface area contributed by atoms with E-state index in [-0.39, 0.29) is 11.8 Å². The molecule has 1 aromatic heterocycles. The predicted octanol–water partition coefficient (Wildman–Crippen LogP) is 5.06. The van der Waals surface area contributed by atoms with Crippen LogP contribution in [0.25, 0.3) is 6.08 Å². The van der Waals surface area contributed by atoms with Crippen molar-refractivity contribution in [2.24, 2.45) is 0 Å². The highest BCUT2D eigenvalue weighted by Gasteiger charge is 2.31. The van der Waals surface area contributed by atoms with Gasteiger partial charge >= 0.3 is 0 Å². The van der Waals surface area contributed by atoms with Crippen LogP contribution in [0.15, 0.2) is 28.5 Å². The van der Waals surface area contributed by atoms with Crippen molar-refractivity contribution in [1.29, 1.82) is 0 Å². The summed E-state index contributed by atoms with van der Waals surface area (Å²) in [6, 6.07) is 5.89. The van der Waals surface area contributed by atoms with Gasteiger partial charge in [0.05, 0.1) is 16.3 Å². The molecule has 0 radical (unpaired) electrons. The summed E-state index contributed by atoms with van der Waals surface area (Å²) in [7, 11) is 0. The Hall–Kier alpha value is -2.03. The molecule has 1 aliphatic rings. The highest BCUT2D eigenvalue weighted by atomic mass is 32.2. The van der Waals surface area contributed by atoms with Gasteiger partial charge in [-0.05, 0) is 49.6 Å². The maximum atomic E-state index is 12.5. The lowest BCUT2D eigenvalue weighted by atomic mass is 10.1. The molecule has 28 heavy (non-hydrogen) atoms. The Labute approximate surface area is 178 Å². The minimum Gasteiger partial charge on any atom is -0.293 e. The summed E-state index contributed by atoms with van der Waals surface area (Å²) in [6.07, 6.45) is 2.60. The molecule has 0 aliphatic carbocycles. The van der Waals surface area contributed by atoms with Crippen LogP contribution in [0.5, 0.6) is 0 Å². The fourth-order valence-corrected chi connectivity index (χ4v) is 4.93. The van der Waals surface area contributed by atoms with Crippen LogP contribution >= 0.6 is 35.3 Å². The molecule has 1 fully saturated rings. The van der Waals surface area contributed by atoms with Crippen molar-refractivity contribution in [2.45, 2.75) is 34.1 Å². The monoisotopic (exact) mass is 431 g/mol. The molecule has 1 aliphatic heterocycles. The van der Waals surface area contributed by atoms with Gasteiger partial charge in [0.25, 0.3) is 5.91 Å². The zero-order chi connectivity index (χ0) is 20.4. The lowest BCUT2D eigenvalue weighted by Gasteiger charge is -2.19. The van der Waals surface area contributed by atoms with Crippen molar-refractivity contribution in [3.05, 3.63) is 45.3 Å². The van der Waals surface area contributed by atoms with Crippen molar-refractivity contribution in [1.82, 2.24) is 9.88 Å². The van der Waals surface area contributed by atoms with Gasteiger partial charge in [-0.3, -0.25) is 19.4 Å². The zero-order valence-electron chi connectivity index (χ0n) is 16.2. The molecular weight excluding hydrogens is 410 g/mol. The van der Waals surface area contributed by atoms with Crippen LogP contribution in [0.4, 0.5) is 10.8 Å². The third kappa shape index (κ3) is 4.19. The van der Waals surface area contributed by atoms with Crippen LogP contribution < -0.4 is 4.90 Å². The lowest BCUT2D eigenvalue weighted by Crippen LogP contribution is -2.28. The van der Waals surface area contributed by atoms with Crippen molar-refractivity contribution < 1.29 is 9.59 Å². The number of benzene rings is 1. The molecule has 2 amide bonds. The Bertz CT molecular complexity index is 981. The van der Waals surface area contributed by atoms with E-state index < -0.39 is 0 Å². The van der Waals surface area contributed by atoms with Crippen LogP contribution in [0.2, 0.25) is 0 Å². The highest BCUT2D eigenvalue weighted by molar-refractivity contribution is 8.26. The Morgan fingerprint density at radius 1 is 1.32 bits per heavy atom. The van der Waals surface area contributed by atoms with Gasteiger partial charge in [0.1, 0.15) is 4.32 Å². The minimum atomic E-state index is -0.113. The number of thioether (sulfide) groups is 1. The van der Waals surface area contributed by atoms with Crippen LogP contribution in [-0.2, 0) is 9.59 Å². The zero-order valence-corrected chi connectivity index (χ0v) is 18.6. The van der Waals surface area contributed by atoms with Gasteiger partial charge in [-0.15, -0.1) is 11.3 Å². The Morgan fingerprint density at radius 2 is 2.07 bits per heavy atom. The first-order valence-electron chi connectivity index (χ1n) is 8.90. The summed E-state index contributed by atoms with van der Waals surface area (Å²) in [5, 5.41) is 2.42. The Kier molecular flexibility index (Phi) is 6.32. The summed E-state index contributed by atoms with van der Waals surface area (Å²) >= 11 is 7.96. The number of nitrogens with zero attached hydrogens (tertiary/aromatic N) is 3. The Balaban J connectivity index is 1.90.